The van der Waals surface area contributed by atoms with Gasteiger partial charge < -0.3 is 15.4 Å². The van der Waals surface area contributed by atoms with E-state index in [1.165, 1.54) is 12.1 Å². The van der Waals surface area contributed by atoms with Gasteiger partial charge in [0.25, 0.3) is 0 Å². The summed E-state index contributed by atoms with van der Waals surface area (Å²) in [6.45, 7) is 7.08. The number of aliphatic imine (C=N–C) groups is 1. The predicted molar refractivity (Wildman–Crippen MR) is 93.4 cm³/mol. The van der Waals surface area contributed by atoms with Crippen LogP contribution < -0.4 is 15.4 Å². The Bertz CT molecular complexity index is 465. The molecule has 0 amide bonds. The topological polar surface area (TPSA) is 45.7 Å². The molecule has 1 atom stereocenters. The van der Waals surface area contributed by atoms with Crippen LogP contribution in [0.4, 0.5) is 4.39 Å². The van der Waals surface area contributed by atoms with Crippen LogP contribution in [0.2, 0.25) is 0 Å². The van der Waals surface area contributed by atoms with Crippen molar-refractivity contribution in [2.45, 2.75) is 13.0 Å². The van der Waals surface area contributed by atoms with Gasteiger partial charge in [0.1, 0.15) is 17.7 Å². The number of rotatable bonds is 9. The Morgan fingerprint density at radius 1 is 1.41 bits per heavy atom. The van der Waals surface area contributed by atoms with Gasteiger partial charge in [-0.3, -0.25) is 4.99 Å². The van der Waals surface area contributed by atoms with Gasteiger partial charge >= 0.3 is 0 Å². The molecule has 0 aliphatic rings. The summed E-state index contributed by atoms with van der Waals surface area (Å²) in [5.41, 5.74) is 0. The van der Waals surface area contributed by atoms with Crippen molar-refractivity contribution in [2.75, 3.05) is 31.6 Å². The molecule has 0 saturated carbocycles. The number of hydrogen-bond acceptors (Lipinski definition) is 3. The molecule has 0 fully saturated rings. The van der Waals surface area contributed by atoms with E-state index >= 15 is 0 Å². The normalized spacial score (nSPS) is 12.6. The van der Waals surface area contributed by atoms with Crippen LogP contribution in [0.1, 0.15) is 6.92 Å². The van der Waals surface area contributed by atoms with Crippen LogP contribution in [0.3, 0.4) is 0 Å². The van der Waals surface area contributed by atoms with Gasteiger partial charge in [-0.1, -0.05) is 6.08 Å². The largest absolute Gasteiger partial charge is 0.489 e. The number of hydrogen-bond donors (Lipinski definition) is 2. The Hall–Kier alpha value is -1.69. The fourth-order valence-corrected chi connectivity index (χ4v) is 2.24. The van der Waals surface area contributed by atoms with Gasteiger partial charge in [0, 0.05) is 25.1 Å². The molecule has 122 valence electrons. The van der Waals surface area contributed by atoms with Crippen molar-refractivity contribution in [3.8, 4) is 5.75 Å². The number of halogens is 1. The predicted octanol–water partition coefficient (Wildman–Crippen LogP) is 2.68. The lowest BCUT2D eigenvalue weighted by Gasteiger charge is -2.17. The van der Waals surface area contributed by atoms with Gasteiger partial charge in [-0.25, -0.2) is 4.39 Å². The van der Waals surface area contributed by atoms with Crippen LogP contribution in [0.15, 0.2) is 41.9 Å². The highest BCUT2D eigenvalue weighted by Gasteiger charge is 2.05. The average Bonchev–Trinajstić information content (AvgIpc) is 2.52. The van der Waals surface area contributed by atoms with Crippen molar-refractivity contribution in [3.05, 3.63) is 42.7 Å². The van der Waals surface area contributed by atoms with Crippen molar-refractivity contribution in [1.82, 2.24) is 10.6 Å². The van der Waals surface area contributed by atoms with Gasteiger partial charge in [-0.2, -0.15) is 11.8 Å². The molecule has 0 aliphatic carbocycles. The second-order valence-electron chi connectivity index (χ2n) is 4.63. The first-order valence-corrected chi connectivity index (χ1v) is 8.36. The third kappa shape index (κ3) is 7.93. The molecule has 0 bridgehead atoms. The zero-order valence-electron chi connectivity index (χ0n) is 13.1. The molecule has 0 heterocycles. The number of thioether (sulfide) groups is 1. The molecular weight excluding hydrogens is 301 g/mol. The highest BCUT2D eigenvalue weighted by atomic mass is 32.2. The molecule has 6 heteroatoms. The second kappa shape index (κ2) is 11.0. The summed E-state index contributed by atoms with van der Waals surface area (Å²) >= 11 is 1.81. The molecule has 0 aliphatic heterocycles. The smallest absolute Gasteiger partial charge is 0.191 e. The molecule has 4 nitrogen and oxygen atoms in total. The zero-order valence-corrected chi connectivity index (χ0v) is 14.0. The van der Waals surface area contributed by atoms with Crippen molar-refractivity contribution >= 4 is 17.7 Å². The molecule has 1 aromatic rings. The van der Waals surface area contributed by atoms with Crippen molar-refractivity contribution in [3.63, 3.8) is 0 Å². The van der Waals surface area contributed by atoms with E-state index in [0.29, 0.717) is 12.3 Å². The van der Waals surface area contributed by atoms with Crippen molar-refractivity contribution in [1.29, 1.82) is 0 Å². The van der Waals surface area contributed by atoms with Crippen LogP contribution in [-0.2, 0) is 0 Å². The molecule has 22 heavy (non-hydrogen) atoms. The Morgan fingerprint density at radius 2 is 2.14 bits per heavy atom. The van der Waals surface area contributed by atoms with Gasteiger partial charge in [0.05, 0.1) is 6.54 Å². The lowest BCUT2D eigenvalue weighted by atomic mass is 10.3. The van der Waals surface area contributed by atoms with E-state index in [-0.39, 0.29) is 11.9 Å². The summed E-state index contributed by atoms with van der Waals surface area (Å²) < 4.78 is 18.5. The molecule has 1 aromatic carbocycles. The summed E-state index contributed by atoms with van der Waals surface area (Å²) in [6, 6.07) is 6.01. The van der Waals surface area contributed by atoms with E-state index in [1.807, 2.05) is 24.8 Å². The Labute approximate surface area is 136 Å². The van der Waals surface area contributed by atoms with E-state index in [1.54, 1.807) is 19.2 Å². The first-order valence-electron chi connectivity index (χ1n) is 7.21. The fourth-order valence-electron chi connectivity index (χ4n) is 1.66. The lowest BCUT2D eigenvalue weighted by molar-refractivity contribution is 0.223. The van der Waals surface area contributed by atoms with Gasteiger partial charge in [-0.05, 0) is 31.2 Å². The van der Waals surface area contributed by atoms with E-state index in [4.69, 9.17) is 4.74 Å². The first kappa shape index (κ1) is 18.4. The maximum atomic E-state index is 12.8. The zero-order chi connectivity index (χ0) is 16.2. The Kier molecular flexibility index (Phi) is 9.14. The summed E-state index contributed by atoms with van der Waals surface area (Å²) in [5.74, 6) is 3.08. The standard InChI is InChI=1S/C16H24FN3OS/c1-4-10-22-11-9-19-16(18-3)20-12-13(2)21-15-7-5-14(17)6-8-15/h4-8,13H,1,9-12H2,2-3H3,(H2,18,19,20). The lowest BCUT2D eigenvalue weighted by Crippen LogP contribution is -2.42. The molecular formula is C16H24FN3OS. The molecule has 0 aromatic heterocycles. The number of guanidine groups is 1. The molecule has 0 saturated heterocycles. The third-order valence-electron chi connectivity index (χ3n) is 2.71. The van der Waals surface area contributed by atoms with E-state index in [2.05, 4.69) is 22.2 Å². The summed E-state index contributed by atoms with van der Waals surface area (Å²) in [4.78, 5) is 4.16. The van der Waals surface area contributed by atoms with E-state index < -0.39 is 0 Å². The van der Waals surface area contributed by atoms with Crippen LogP contribution >= 0.6 is 11.8 Å². The molecule has 0 spiro atoms. The Balaban J connectivity index is 2.24. The van der Waals surface area contributed by atoms with Crippen LogP contribution in [0.5, 0.6) is 5.75 Å². The molecule has 0 radical (unpaired) electrons. The maximum Gasteiger partial charge on any atom is 0.191 e. The summed E-state index contributed by atoms with van der Waals surface area (Å²) in [5, 5.41) is 6.44. The monoisotopic (exact) mass is 325 g/mol. The average molecular weight is 325 g/mol. The highest BCUT2D eigenvalue weighted by Crippen LogP contribution is 2.12. The third-order valence-corrected chi connectivity index (χ3v) is 3.67. The minimum absolute atomic E-state index is 0.0563. The quantitative estimate of drug-likeness (QED) is 0.317. The van der Waals surface area contributed by atoms with Gasteiger partial charge in [0.2, 0.25) is 0 Å². The molecule has 1 unspecified atom stereocenters. The second-order valence-corrected chi connectivity index (χ2v) is 5.78. The highest BCUT2D eigenvalue weighted by molar-refractivity contribution is 7.99. The van der Waals surface area contributed by atoms with E-state index in [0.717, 1.165) is 24.0 Å². The fraction of sp³-hybridized carbons (Fsp3) is 0.438. The first-order chi connectivity index (χ1) is 10.7. The van der Waals surface area contributed by atoms with E-state index in [9.17, 15) is 4.39 Å². The number of nitrogens with one attached hydrogen (secondary N) is 2. The van der Waals surface area contributed by atoms with Crippen LogP contribution in [-0.4, -0.2) is 43.7 Å². The molecule has 1 rings (SSSR count). The van der Waals surface area contributed by atoms with Crippen molar-refractivity contribution < 1.29 is 9.13 Å². The van der Waals surface area contributed by atoms with Crippen LogP contribution in [0.25, 0.3) is 0 Å². The Morgan fingerprint density at radius 3 is 2.77 bits per heavy atom. The summed E-state index contributed by atoms with van der Waals surface area (Å²) in [7, 11) is 1.73. The maximum absolute atomic E-state index is 12.8. The number of benzene rings is 1. The van der Waals surface area contributed by atoms with Gasteiger partial charge in [0.15, 0.2) is 5.96 Å². The minimum Gasteiger partial charge on any atom is -0.489 e. The van der Waals surface area contributed by atoms with Crippen LogP contribution in [0, 0.1) is 5.82 Å². The summed E-state index contributed by atoms with van der Waals surface area (Å²) in [6.07, 6.45) is 1.84. The minimum atomic E-state index is -0.267. The van der Waals surface area contributed by atoms with Gasteiger partial charge in [-0.15, -0.1) is 6.58 Å². The van der Waals surface area contributed by atoms with Crippen molar-refractivity contribution in [2.24, 2.45) is 4.99 Å². The SMILES string of the molecule is C=CCSCCNC(=NC)NCC(C)Oc1ccc(F)cc1. The molecule has 2 N–H and O–H groups in total. The number of ether oxygens (including phenoxy) is 1. The number of nitrogens with zero attached hydrogens (tertiary/aromatic N) is 1.